The van der Waals surface area contributed by atoms with Crippen LogP contribution in [0.4, 0.5) is 17.1 Å². The van der Waals surface area contributed by atoms with Crippen molar-refractivity contribution in [2.45, 2.75) is 5.41 Å². The molecular formula is C51H33NO. The van der Waals surface area contributed by atoms with E-state index in [0.717, 1.165) is 28.2 Å². The Morgan fingerprint density at radius 1 is 0.377 bits per heavy atom. The van der Waals surface area contributed by atoms with E-state index in [-0.39, 0.29) is 0 Å². The van der Waals surface area contributed by atoms with Crippen LogP contribution in [0.5, 0.6) is 0 Å². The Bertz CT molecular complexity index is 2920. The number of furan rings is 1. The molecule has 10 aromatic rings. The van der Waals surface area contributed by atoms with Crippen molar-refractivity contribution < 1.29 is 4.42 Å². The van der Waals surface area contributed by atoms with Crippen LogP contribution >= 0.6 is 0 Å². The fourth-order valence-electron chi connectivity index (χ4n) is 9.07. The van der Waals surface area contributed by atoms with Gasteiger partial charge in [-0.1, -0.05) is 158 Å². The first kappa shape index (κ1) is 29.8. The van der Waals surface area contributed by atoms with Gasteiger partial charge in [-0.25, -0.2) is 0 Å². The third kappa shape index (κ3) is 4.33. The molecule has 0 saturated carbocycles. The van der Waals surface area contributed by atoms with Crippen molar-refractivity contribution in [3.05, 3.63) is 222 Å². The molecule has 11 rings (SSSR count). The van der Waals surface area contributed by atoms with E-state index in [1.54, 1.807) is 0 Å². The van der Waals surface area contributed by atoms with E-state index in [4.69, 9.17) is 4.42 Å². The van der Waals surface area contributed by atoms with Gasteiger partial charge in [0.15, 0.2) is 0 Å². The highest BCUT2D eigenvalue weighted by atomic mass is 16.3. The summed E-state index contributed by atoms with van der Waals surface area (Å²) in [6.07, 6.45) is 0. The lowest BCUT2D eigenvalue weighted by Crippen LogP contribution is -2.29. The molecule has 0 bridgehead atoms. The molecule has 248 valence electrons. The van der Waals surface area contributed by atoms with E-state index < -0.39 is 5.41 Å². The highest BCUT2D eigenvalue weighted by Gasteiger charge is 2.46. The zero-order chi connectivity index (χ0) is 34.9. The average Bonchev–Trinajstić information content (AvgIpc) is 3.77. The summed E-state index contributed by atoms with van der Waals surface area (Å²) in [6, 6.07) is 72.7. The smallest absolute Gasteiger partial charge is 0.135 e. The molecule has 1 aliphatic rings. The molecule has 53 heavy (non-hydrogen) atoms. The SMILES string of the molecule is c1ccc(C2(c3ccc(N(c4ccc(-c5cccc6ccccc56)cc4)c4cccc5ccccc45)cc3)c3cccc4oc5cccc2c5c34)cc1. The number of hydrogen-bond donors (Lipinski definition) is 0. The van der Waals surface area contributed by atoms with E-state index in [2.05, 4.69) is 205 Å². The molecule has 1 heterocycles. The second kappa shape index (κ2) is 11.6. The van der Waals surface area contributed by atoms with Gasteiger partial charge in [-0.2, -0.15) is 0 Å². The maximum atomic E-state index is 6.37. The quantitative estimate of drug-likeness (QED) is 0.174. The number of rotatable bonds is 6. The van der Waals surface area contributed by atoms with Crippen LogP contribution in [0.2, 0.25) is 0 Å². The summed E-state index contributed by atoms with van der Waals surface area (Å²) in [4.78, 5) is 2.40. The monoisotopic (exact) mass is 675 g/mol. The van der Waals surface area contributed by atoms with Gasteiger partial charge in [0.1, 0.15) is 11.2 Å². The van der Waals surface area contributed by atoms with Crippen molar-refractivity contribution in [2.24, 2.45) is 0 Å². The maximum Gasteiger partial charge on any atom is 0.135 e. The van der Waals surface area contributed by atoms with Gasteiger partial charge in [0.05, 0.1) is 11.1 Å². The van der Waals surface area contributed by atoms with Crippen LogP contribution < -0.4 is 4.90 Å². The fourth-order valence-corrected chi connectivity index (χ4v) is 9.07. The Morgan fingerprint density at radius 3 is 1.57 bits per heavy atom. The molecule has 1 aliphatic carbocycles. The van der Waals surface area contributed by atoms with Gasteiger partial charge in [0.2, 0.25) is 0 Å². The minimum absolute atomic E-state index is 0.482. The van der Waals surface area contributed by atoms with Gasteiger partial charge in [-0.05, 0) is 92.0 Å². The van der Waals surface area contributed by atoms with E-state index in [0.29, 0.717) is 0 Å². The Kier molecular flexibility index (Phi) is 6.50. The highest BCUT2D eigenvalue weighted by molar-refractivity contribution is 6.14. The number of benzene rings is 9. The Balaban J connectivity index is 1.09. The highest BCUT2D eigenvalue weighted by Crippen LogP contribution is 2.57. The Hall–Kier alpha value is -6.90. The molecule has 0 saturated heterocycles. The predicted molar refractivity (Wildman–Crippen MR) is 221 cm³/mol. The largest absolute Gasteiger partial charge is 0.456 e. The van der Waals surface area contributed by atoms with Gasteiger partial charge in [-0.3, -0.25) is 0 Å². The summed E-state index contributed by atoms with van der Waals surface area (Å²) in [5.41, 5.74) is 12.2. The van der Waals surface area contributed by atoms with E-state index >= 15 is 0 Å². The van der Waals surface area contributed by atoms with Gasteiger partial charge < -0.3 is 9.32 Å². The zero-order valence-electron chi connectivity index (χ0n) is 28.9. The topological polar surface area (TPSA) is 16.4 Å². The molecule has 0 radical (unpaired) electrons. The van der Waals surface area contributed by atoms with Crippen molar-refractivity contribution in [1.82, 2.24) is 0 Å². The van der Waals surface area contributed by atoms with Crippen molar-refractivity contribution in [1.29, 1.82) is 0 Å². The molecule has 0 unspecified atom stereocenters. The summed E-state index contributed by atoms with van der Waals surface area (Å²) in [7, 11) is 0. The van der Waals surface area contributed by atoms with Crippen molar-refractivity contribution in [3.63, 3.8) is 0 Å². The Morgan fingerprint density at radius 2 is 0.887 bits per heavy atom. The number of nitrogens with zero attached hydrogens (tertiary/aromatic N) is 1. The van der Waals surface area contributed by atoms with Crippen molar-refractivity contribution in [2.75, 3.05) is 4.90 Å². The van der Waals surface area contributed by atoms with Crippen LogP contribution in [-0.4, -0.2) is 0 Å². The zero-order valence-corrected chi connectivity index (χ0v) is 28.9. The number of hydrogen-bond acceptors (Lipinski definition) is 2. The number of anilines is 3. The normalized spacial score (nSPS) is 13.1. The predicted octanol–water partition coefficient (Wildman–Crippen LogP) is 13.7. The maximum absolute atomic E-state index is 6.37. The third-order valence-corrected chi connectivity index (χ3v) is 11.3. The van der Waals surface area contributed by atoms with E-state index in [1.165, 1.54) is 65.7 Å². The molecule has 0 amide bonds. The number of fused-ring (bicyclic) bond motifs is 2. The lowest BCUT2D eigenvalue weighted by atomic mass is 9.67. The molecule has 0 N–H and O–H groups in total. The van der Waals surface area contributed by atoms with Gasteiger partial charge in [-0.15, -0.1) is 0 Å². The molecule has 2 nitrogen and oxygen atoms in total. The van der Waals surface area contributed by atoms with Crippen LogP contribution in [0, 0.1) is 0 Å². The van der Waals surface area contributed by atoms with Crippen molar-refractivity contribution in [3.8, 4) is 11.1 Å². The second-order valence-electron chi connectivity index (χ2n) is 14.0. The minimum Gasteiger partial charge on any atom is -0.456 e. The van der Waals surface area contributed by atoms with Crippen LogP contribution in [0.1, 0.15) is 22.3 Å². The third-order valence-electron chi connectivity index (χ3n) is 11.3. The molecular weight excluding hydrogens is 643 g/mol. The van der Waals surface area contributed by atoms with Crippen LogP contribution in [0.15, 0.2) is 205 Å². The summed E-state index contributed by atoms with van der Waals surface area (Å²) in [6.45, 7) is 0. The summed E-state index contributed by atoms with van der Waals surface area (Å²) in [5.74, 6) is 0. The molecule has 1 aromatic heterocycles. The second-order valence-corrected chi connectivity index (χ2v) is 14.0. The molecule has 0 atom stereocenters. The molecule has 0 fully saturated rings. The van der Waals surface area contributed by atoms with Crippen LogP contribution in [0.25, 0.3) is 54.6 Å². The lowest BCUT2D eigenvalue weighted by Gasteiger charge is -2.35. The minimum atomic E-state index is -0.482. The first-order chi connectivity index (χ1) is 26.3. The molecule has 9 aromatic carbocycles. The van der Waals surface area contributed by atoms with E-state index in [1.807, 2.05) is 0 Å². The first-order valence-electron chi connectivity index (χ1n) is 18.3. The summed E-state index contributed by atoms with van der Waals surface area (Å²) < 4.78 is 6.37. The Labute approximate surface area is 307 Å². The lowest BCUT2D eigenvalue weighted by molar-refractivity contribution is 0.663. The van der Waals surface area contributed by atoms with Gasteiger partial charge >= 0.3 is 0 Å². The standard InChI is InChI=1S/C51H33NO/c1-2-16-37(17-3-1)51(44-21-10-24-47-49(44)50-45(51)22-11-25-48(50)53-47)38-28-32-40(33-29-38)52(46-23-9-15-35-13-5-7-19-43(35)46)39-30-26-36(27-31-39)42-20-8-14-34-12-4-6-18-41(34)42/h1-33H. The molecule has 2 heteroatoms. The van der Waals surface area contributed by atoms with Crippen LogP contribution in [0.3, 0.4) is 0 Å². The van der Waals surface area contributed by atoms with E-state index in [9.17, 15) is 0 Å². The summed E-state index contributed by atoms with van der Waals surface area (Å²) in [5, 5.41) is 7.36. The summed E-state index contributed by atoms with van der Waals surface area (Å²) >= 11 is 0. The average molecular weight is 676 g/mol. The van der Waals surface area contributed by atoms with Crippen molar-refractivity contribution >= 4 is 60.5 Å². The fraction of sp³-hybridized carbons (Fsp3) is 0.0196. The molecule has 0 spiro atoms. The first-order valence-corrected chi connectivity index (χ1v) is 18.3. The molecule has 0 aliphatic heterocycles. The van der Waals surface area contributed by atoms with Crippen LogP contribution in [-0.2, 0) is 5.41 Å². The van der Waals surface area contributed by atoms with Gasteiger partial charge in [0.25, 0.3) is 0 Å². The van der Waals surface area contributed by atoms with Gasteiger partial charge in [0, 0.05) is 27.5 Å².